The topological polar surface area (TPSA) is 32.5 Å². The molecule has 0 radical (unpaired) electrons. The summed E-state index contributed by atoms with van der Waals surface area (Å²) >= 11 is 0. The monoisotopic (exact) mass is 273 g/mol. The second kappa shape index (κ2) is 5.74. The van der Waals surface area contributed by atoms with Crippen LogP contribution in [0.1, 0.15) is 44.7 Å². The Morgan fingerprint density at radius 2 is 2.00 bits per heavy atom. The van der Waals surface area contributed by atoms with Crippen LogP contribution < -0.4 is 10.6 Å². The van der Waals surface area contributed by atoms with Crippen molar-refractivity contribution in [1.29, 1.82) is 0 Å². The van der Waals surface area contributed by atoms with Gasteiger partial charge in [-0.1, -0.05) is 24.6 Å². The van der Waals surface area contributed by atoms with Crippen LogP contribution in [-0.2, 0) is 0 Å². The van der Waals surface area contributed by atoms with Crippen LogP contribution >= 0.6 is 0 Å². The van der Waals surface area contributed by atoms with Gasteiger partial charge in [-0.3, -0.25) is 4.90 Å². The molecule has 0 saturated carbocycles. The van der Waals surface area contributed by atoms with Crippen LogP contribution in [0.3, 0.4) is 0 Å². The summed E-state index contributed by atoms with van der Waals surface area (Å²) in [5.41, 5.74) is 8.79. The number of piperidine rings is 1. The fraction of sp³-hybridized carbons (Fsp3) is 0.647. The van der Waals surface area contributed by atoms with Gasteiger partial charge in [-0.2, -0.15) is 0 Å². The highest BCUT2D eigenvalue weighted by atomic mass is 15.3. The van der Waals surface area contributed by atoms with E-state index in [4.69, 9.17) is 5.73 Å². The van der Waals surface area contributed by atoms with Crippen molar-refractivity contribution in [1.82, 2.24) is 4.90 Å². The number of nitrogens with zero attached hydrogens (tertiary/aromatic N) is 2. The SMILES string of the molecule is CC1CN2CCCCC2CN1c1ccccc1[C@@H](C)N. The van der Waals surface area contributed by atoms with E-state index < -0.39 is 0 Å². The van der Waals surface area contributed by atoms with Gasteiger partial charge in [0.1, 0.15) is 0 Å². The predicted molar refractivity (Wildman–Crippen MR) is 85.1 cm³/mol. The number of piperazine rings is 1. The maximum absolute atomic E-state index is 6.16. The molecule has 1 aromatic rings. The van der Waals surface area contributed by atoms with Crippen molar-refractivity contribution in [2.24, 2.45) is 5.73 Å². The molecule has 0 aromatic heterocycles. The van der Waals surface area contributed by atoms with Crippen molar-refractivity contribution in [2.45, 2.75) is 51.2 Å². The molecule has 2 unspecified atom stereocenters. The molecule has 2 aliphatic rings. The molecular formula is C17H27N3. The summed E-state index contributed by atoms with van der Waals surface area (Å²) in [4.78, 5) is 5.28. The minimum absolute atomic E-state index is 0.0998. The zero-order chi connectivity index (χ0) is 14.1. The van der Waals surface area contributed by atoms with Gasteiger partial charge in [-0.05, 0) is 44.9 Å². The van der Waals surface area contributed by atoms with Crippen molar-refractivity contribution in [3.63, 3.8) is 0 Å². The summed E-state index contributed by atoms with van der Waals surface area (Å²) in [5.74, 6) is 0. The van der Waals surface area contributed by atoms with E-state index in [1.165, 1.54) is 43.6 Å². The molecule has 2 saturated heterocycles. The number of benzene rings is 1. The smallest absolute Gasteiger partial charge is 0.0417 e. The maximum Gasteiger partial charge on any atom is 0.0417 e. The zero-order valence-corrected chi connectivity index (χ0v) is 12.8. The van der Waals surface area contributed by atoms with E-state index in [1.54, 1.807) is 0 Å². The molecule has 20 heavy (non-hydrogen) atoms. The van der Waals surface area contributed by atoms with Crippen LogP contribution in [0.5, 0.6) is 0 Å². The number of fused-ring (bicyclic) bond motifs is 1. The lowest BCUT2D eigenvalue weighted by atomic mass is 9.95. The molecule has 1 aromatic carbocycles. The summed E-state index contributed by atoms with van der Waals surface area (Å²) in [7, 11) is 0. The molecule has 0 bridgehead atoms. The van der Waals surface area contributed by atoms with Gasteiger partial charge in [0.25, 0.3) is 0 Å². The maximum atomic E-state index is 6.16. The average Bonchev–Trinajstić information content (AvgIpc) is 2.46. The first kappa shape index (κ1) is 13.9. The number of hydrogen-bond acceptors (Lipinski definition) is 3. The molecule has 3 nitrogen and oxygen atoms in total. The summed E-state index contributed by atoms with van der Waals surface area (Å²) in [5, 5.41) is 0. The number of rotatable bonds is 2. The highest BCUT2D eigenvalue weighted by Crippen LogP contribution is 2.32. The molecule has 110 valence electrons. The summed E-state index contributed by atoms with van der Waals surface area (Å²) in [6.07, 6.45) is 4.11. The second-order valence-corrected chi connectivity index (χ2v) is 6.49. The van der Waals surface area contributed by atoms with Gasteiger partial charge in [0.05, 0.1) is 0 Å². The van der Waals surface area contributed by atoms with Gasteiger partial charge in [-0.15, -0.1) is 0 Å². The van der Waals surface area contributed by atoms with E-state index in [0.717, 1.165) is 12.6 Å². The Labute approximate surface area is 122 Å². The fourth-order valence-corrected chi connectivity index (χ4v) is 3.82. The van der Waals surface area contributed by atoms with Crippen molar-refractivity contribution in [2.75, 3.05) is 24.5 Å². The molecule has 0 spiro atoms. The first-order chi connectivity index (χ1) is 9.66. The van der Waals surface area contributed by atoms with Crippen LogP contribution in [0.4, 0.5) is 5.69 Å². The molecule has 3 heteroatoms. The molecule has 2 fully saturated rings. The summed E-state index contributed by atoms with van der Waals surface area (Å²) in [6.45, 7) is 8.07. The van der Waals surface area contributed by atoms with Crippen LogP contribution in [0.25, 0.3) is 0 Å². The van der Waals surface area contributed by atoms with Crippen LogP contribution in [0.2, 0.25) is 0 Å². The lowest BCUT2D eigenvalue weighted by Gasteiger charge is -2.49. The normalized spacial score (nSPS) is 29.1. The van der Waals surface area contributed by atoms with Crippen LogP contribution in [-0.4, -0.2) is 36.6 Å². The third-order valence-electron chi connectivity index (χ3n) is 4.92. The Kier molecular flexibility index (Phi) is 3.99. The quantitative estimate of drug-likeness (QED) is 0.899. The van der Waals surface area contributed by atoms with E-state index in [9.17, 15) is 0 Å². The predicted octanol–water partition coefficient (Wildman–Crippen LogP) is 2.77. The average molecular weight is 273 g/mol. The number of nitrogens with two attached hydrogens (primary N) is 1. The molecule has 3 rings (SSSR count). The number of anilines is 1. The molecule has 2 aliphatic heterocycles. The van der Waals surface area contributed by atoms with Gasteiger partial charge in [0, 0.05) is 36.9 Å². The number of hydrogen-bond donors (Lipinski definition) is 1. The minimum atomic E-state index is 0.0998. The second-order valence-electron chi connectivity index (χ2n) is 6.49. The lowest BCUT2D eigenvalue weighted by molar-refractivity contribution is 0.115. The van der Waals surface area contributed by atoms with Gasteiger partial charge < -0.3 is 10.6 Å². The Bertz CT molecular complexity index is 457. The fourth-order valence-electron chi connectivity index (χ4n) is 3.82. The van der Waals surface area contributed by atoms with E-state index in [0.29, 0.717) is 6.04 Å². The zero-order valence-electron chi connectivity index (χ0n) is 12.8. The van der Waals surface area contributed by atoms with E-state index in [1.807, 2.05) is 0 Å². The Morgan fingerprint density at radius 1 is 1.20 bits per heavy atom. The highest BCUT2D eigenvalue weighted by Gasteiger charge is 2.33. The van der Waals surface area contributed by atoms with Gasteiger partial charge >= 0.3 is 0 Å². The van der Waals surface area contributed by atoms with Crippen molar-refractivity contribution >= 4 is 5.69 Å². The van der Waals surface area contributed by atoms with Gasteiger partial charge in [-0.25, -0.2) is 0 Å². The highest BCUT2D eigenvalue weighted by molar-refractivity contribution is 5.56. The molecule has 0 aliphatic carbocycles. The van der Waals surface area contributed by atoms with Crippen molar-refractivity contribution < 1.29 is 0 Å². The van der Waals surface area contributed by atoms with Gasteiger partial charge in [0.15, 0.2) is 0 Å². The standard InChI is InChI=1S/C17H27N3/c1-13-11-19-10-6-5-7-15(19)12-20(13)17-9-4-3-8-16(17)14(2)18/h3-4,8-9,13-15H,5-7,10-12,18H2,1-2H3/t13?,14-,15?/m1/s1. The third kappa shape index (κ3) is 2.57. The Hall–Kier alpha value is -1.06. The molecule has 2 heterocycles. The van der Waals surface area contributed by atoms with E-state index in [-0.39, 0.29) is 6.04 Å². The van der Waals surface area contributed by atoms with Crippen molar-refractivity contribution in [3.05, 3.63) is 29.8 Å². The van der Waals surface area contributed by atoms with Crippen LogP contribution in [0, 0.1) is 0 Å². The third-order valence-corrected chi connectivity index (χ3v) is 4.92. The Morgan fingerprint density at radius 3 is 2.80 bits per heavy atom. The van der Waals surface area contributed by atoms with E-state index >= 15 is 0 Å². The molecule has 0 amide bonds. The largest absolute Gasteiger partial charge is 0.366 e. The number of para-hydroxylation sites is 1. The molecular weight excluding hydrogens is 246 g/mol. The molecule has 3 atom stereocenters. The lowest BCUT2D eigenvalue weighted by Crippen LogP contribution is -2.59. The molecule has 2 N–H and O–H groups in total. The summed E-state index contributed by atoms with van der Waals surface area (Å²) < 4.78 is 0. The van der Waals surface area contributed by atoms with Crippen LogP contribution in [0.15, 0.2) is 24.3 Å². The van der Waals surface area contributed by atoms with E-state index in [2.05, 4.69) is 47.9 Å². The van der Waals surface area contributed by atoms with Gasteiger partial charge in [0.2, 0.25) is 0 Å². The first-order valence-electron chi connectivity index (χ1n) is 8.02. The van der Waals surface area contributed by atoms with Crippen molar-refractivity contribution in [3.8, 4) is 0 Å². The minimum Gasteiger partial charge on any atom is -0.366 e. The Balaban J connectivity index is 1.86. The first-order valence-corrected chi connectivity index (χ1v) is 8.02. The summed E-state index contributed by atoms with van der Waals surface area (Å²) in [6, 6.07) is 10.1.